The summed E-state index contributed by atoms with van der Waals surface area (Å²) < 4.78 is 56.8. The standard InChI is InChI=1S/C15H17N3O9S2/c16-28(22,23)18-8-6-12(13(18)15(20)21)10-2-4-11(5-3-10)14(19)17-7-1-9-27-29(24,25)26/h2-6,8H,1,7,9H2,(H,17,19)(H,20,21)(H2,16,22,23)(H,24,25,26). The first-order chi connectivity index (χ1) is 13.4. The quantitative estimate of drug-likeness (QED) is 0.298. The maximum absolute atomic E-state index is 12.0. The van der Waals surface area contributed by atoms with Gasteiger partial charge in [-0.1, -0.05) is 12.1 Å². The third kappa shape index (κ3) is 6.10. The van der Waals surface area contributed by atoms with Gasteiger partial charge in [0.15, 0.2) is 5.69 Å². The lowest BCUT2D eigenvalue weighted by Gasteiger charge is -2.08. The highest BCUT2D eigenvalue weighted by molar-refractivity contribution is 7.87. The van der Waals surface area contributed by atoms with Gasteiger partial charge in [-0.05, 0) is 30.2 Å². The summed E-state index contributed by atoms with van der Waals surface area (Å²) in [6.45, 7) is -0.229. The van der Waals surface area contributed by atoms with Crippen molar-refractivity contribution in [2.45, 2.75) is 6.42 Å². The second-order valence-electron chi connectivity index (χ2n) is 5.66. The molecule has 2 aromatic rings. The number of carbonyl (C=O) groups excluding carboxylic acids is 1. The van der Waals surface area contributed by atoms with Crippen molar-refractivity contribution in [3.63, 3.8) is 0 Å². The fourth-order valence-corrected chi connectivity index (χ4v) is 3.40. The van der Waals surface area contributed by atoms with Gasteiger partial charge in [-0.25, -0.2) is 18.1 Å². The minimum absolute atomic E-state index is 0.0798. The summed E-state index contributed by atoms with van der Waals surface area (Å²) in [5.41, 5.74) is 0.138. The number of carbonyl (C=O) groups is 2. The van der Waals surface area contributed by atoms with Crippen molar-refractivity contribution >= 4 is 32.5 Å². The van der Waals surface area contributed by atoms with Crippen LogP contribution in [0.15, 0.2) is 36.5 Å². The first-order valence-electron chi connectivity index (χ1n) is 7.88. The van der Waals surface area contributed by atoms with Crippen LogP contribution < -0.4 is 10.5 Å². The Kier molecular flexibility index (Phi) is 6.76. The molecule has 0 radical (unpaired) electrons. The normalized spacial score (nSPS) is 11.9. The van der Waals surface area contributed by atoms with Crippen molar-refractivity contribution in [3.05, 3.63) is 47.8 Å². The van der Waals surface area contributed by atoms with Crippen LogP contribution in [0, 0.1) is 0 Å². The molecular weight excluding hydrogens is 430 g/mol. The number of carboxylic acids is 1. The van der Waals surface area contributed by atoms with Gasteiger partial charge in [-0.15, -0.1) is 0 Å². The summed E-state index contributed by atoms with van der Waals surface area (Å²) in [5, 5.41) is 16.8. The number of nitrogens with two attached hydrogens (primary N) is 1. The Morgan fingerprint density at radius 2 is 1.72 bits per heavy atom. The van der Waals surface area contributed by atoms with Gasteiger partial charge in [0.2, 0.25) is 0 Å². The van der Waals surface area contributed by atoms with Gasteiger partial charge in [0.05, 0.1) is 6.61 Å². The van der Waals surface area contributed by atoms with E-state index in [-0.39, 0.29) is 30.7 Å². The molecule has 1 aromatic carbocycles. The second kappa shape index (κ2) is 8.71. The molecule has 0 spiro atoms. The Morgan fingerprint density at radius 3 is 2.24 bits per heavy atom. The van der Waals surface area contributed by atoms with Gasteiger partial charge in [0.25, 0.3) is 5.91 Å². The van der Waals surface area contributed by atoms with E-state index in [1.54, 1.807) is 0 Å². The molecule has 12 nitrogen and oxygen atoms in total. The van der Waals surface area contributed by atoms with E-state index in [0.717, 1.165) is 6.20 Å². The minimum atomic E-state index is -4.53. The summed E-state index contributed by atoms with van der Waals surface area (Å²) in [6.07, 6.45) is 1.15. The number of aromatic carboxylic acids is 1. The Morgan fingerprint density at radius 1 is 1.10 bits per heavy atom. The Balaban J connectivity index is 2.10. The zero-order valence-electron chi connectivity index (χ0n) is 14.7. The molecule has 5 N–H and O–H groups in total. The van der Waals surface area contributed by atoms with Crippen LogP contribution in [0.4, 0.5) is 0 Å². The van der Waals surface area contributed by atoms with Crippen molar-refractivity contribution in [1.82, 2.24) is 9.29 Å². The topological polar surface area (TPSA) is 195 Å². The molecular formula is C15H17N3O9S2. The molecule has 0 bridgehead atoms. The van der Waals surface area contributed by atoms with Crippen LogP contribution in [-0.2, 0) is 24.8 Å². The smallest absolute Gasteiger partial charge is 0.397 e. The number of aromatic nitrogens is 1. The number of hydrogen-bond acceptors (Lipinski definition) is 7. The zero-order chi connectivity index (χ0) is 21.8. The van der Waals surface area contributed by atoms with Crippen molar-refractivity contribution in [2.75, 3.05) is 13.2 Å². The molecule has 0 aliphatic carbocycles. The van der Waals surface area contributed by atoms with E-state index in [4.69, 9.17) is 9.69 Å². The summed E-state index contributed by atoms with van der Waals surface area (Å²) in [6, 6.07) is 6.95. The molecule has 0 saturated carbocycles. The van der Waals surface area contributed by atoms with Crippen molar-refractivity contribution in [1.29, 1.82) is 0 Å². The maximum atomic E-state index is 12.0. The molecule has 0 aliphatic heterocycles. The molecule has 158 valence electrons. The molecule has 0 aliphatic rings. The summed E-state index contributed by atoms with van der Waals surface area (Å²) in [4.78, 5) is 23.5. The number of nitrogens with zero attached hydrogens (tertiary/aromatic N) is 1. The number of amides is 1. The fraction of sp³-hybridized carbons (Fsp3) is 0.200. The van der Waals surface area contributed by atoms with E-state index >= 15 is 0 Å². The average molecular weight is 447 g/mol. The fourth-order valence-electron chi connectivity index (χ4n) is 2.41. The molecule has 14 heteroatoms. The van der Waals surface area contributed by atoms with Crippen LogP contribution in [0.25, 0.3) is 11.1 Å². The molecule has 1 aromatic heterocycles. The van der Waals surface area contributed by atoms with Crippen LogP contribution >= 0.6 is 0 Å². The van der Waals surface area contributed by atoms with E-state index in [1.165, 1.54) is 30.3 Å². The van der Waals surface area contributed by atoms with Crippen molar-refractivity contribution in [3.8, 4) is 11.1 Å². The number of benzene rings is 1. The number of carboxylic acid groups (broad SMARTS) is 1. The largest absolute Gasteiger partial charge is 0.477 e. The lowest BCUT2D eigenvalue weighted by molar-refractivity contribution is 0.0689. The molecule has 2 rings (SSSR count). The minimum Gasteiger partial charge on any atom is -0.477 e. The van der Waals surface area contributed by atoms with Gasteiger partial charge >= 0.3 is 26.6 Å². The van der Waals surface area contributed by atoms with E-state index in [0.29, 0.717) is 9.54 Å². The Bertz CT molecular complexity index is 1120. The predicted molar refractivity (Wildman–Crippen MR) is 99.8 cm³/mol. The molecule has 1 heterocycles. The average Bonchev–Trinajstić information content (AvgIpc) is 3.06. The maximum Gasteiger partial charge on any atom is 0.397 e. The molecule has 0 fully saturated rings. The van der Waals surface area contributed by atoms with Gasteiger partial charge < -0.3 is 10.4 Å². The van der Waals surface area contributed by atoms with Gasteiger partial charge in [0, 0.05) is 23.9 Å². The van der Waals surface area contributed by atoms with Crippen LogP contribution in [-0.4, -0.2) is 55.5 Å². The predicted octanol–water partition coefficient (Wildman–Crippen LogP) is -0.156. The second-order valence-corrected chi connectivity index (χ2v) is 8.17. The van der Waals surface area contributed by atoms with Crippen molar-refractivity contribution in [2.24, 2.45) is 5.14 Å². The zero-order valence-corrected chi connectivity index (χ0v) is 16.3. The molecule has 1 amide bonds. The number of hydrogen-bond donors (Lipinski definition) is 4. The SMILES string of the molecule is NS(=O)(=O)n1ccc(-c2ccc(C(=O)NCCCOS(=O)(=O)O)cc2)c1C(=O)O. The lowest BCUT2D eigenvalue weighted by atomic mass is 10.0. The Hall–Kier alpha value is -2.78. The highest BCUT2D eigenvalue weighted by Crippen LogP contribution is 2.26. The van der Waals surface area contributed by atoms with Crippen LogP contribution in [0.2, 0.25) is 0 Å². The van der Waals surface area contributed by atoms with Crippen LogP contribution in [0.1, 0.15) is 27.3 Å². The first-order valence-corrected chi connectivity index (χ1v) is 10.8. The third-order valence-corrected chi connectivity index (χ3v) is 4.94. The lowest BCUT2D eigenvalue weighted by Crippen LogP contribution is -2.25. The molecule has 0 atom stereocenters. The van der Waals surface area contributed by atoms with E-state index in [1.807, 2.05) is 0 Å². The Labute approximate surface area is 166 Å². The van der Waals surface area contributed by atoms with Gasteiger partial charge in [-0.3, -0.25) is 9.35 Å². The van der Waals surface area contributed by atoms with E-state index < -0.39 is 38.2 Å². The third-order valence-electron chi connectivity index (χ3n) is 3.63. The van der Waals surface area contributed by atoms with Gasteiger partial charge in [-0.2, -0.15) is 16.8 Å². The van der Waals surface area contributed by atoms with Crippen molar-refractivity contribution < 1.29 is 40.3 Å². The summed E-state index contributed by atoms with van der Waals surface area (Å²) >= 11 is 0. The van der Waals surface area contributed by atoms with Crippen LogP contribution in [0.3, 0.4) is 0 Å². The molecule has 29 heavy (non-hydrogen) atoms. The summed E-state index contributed by atoms with van der Waals surface area (Å²) in [5.74, 6) is -1.98. The highest BCUT2D eigenvalue weighted by Gasteiger charge is 2.22. The first kappa shape index (κ1) is 22.5. The monoisotopic (exact) mass is 447 g/mol. The van der Waals surface area contributed by atoms with E-state index in [2.05, 4.69) is 9.50 Å². The molecule has 0 unspecified atom stereocenters. The number of rotatable bonds is 9. The summed E-state index contributed by atoms with van der Waals surface area (Å²) in [7, 11) is -8.83. The highest BCUT2D eigenvalue weighted by atomic mass is 32.3. The van der Waals surface area contributed by atoms with Crippen LogP contribution in [0.5, 0.6) is 0 Å². The van der Waals surface area contributed by atoms with E-state index in [9.17, 15) is 31.5 Å². The van der Waals surface area contributed by atoms with Gasteiger partial charge in [0.1, 0.15) is 0 Å². The number of nitrogens with one attached hydrogen (secondary N) is 1. The molecule has 0 saturated heterocycles.